The molecule has 0 saturated carbocycles. The molecule has 3 N–H and O–H groups in total. The minimum absolute atomic E-state index is 0.0646. The molecule has 0 aliphatic carbocycles. The third kappa shape index (κ3) is 4.37. The lowest BCUT2D eigenvalue weighted by molar-refractivity contribution is -0.140. The molecule has 38 heavy (non-hydrogen) atoms. The van der Waals surface area contributed by atoms with E-state index in [-0.39, 0.29) is 29.8 Å². The molecular weight excluding hydrogens is 578 g/mol. The molecule has 0 aromatic heterocycles. The molecule has 3 amide bonds. The van der Waals surface area contributed by atoms with E-state index < -0.39 is 35.5 Å². The van der Waals surface area contributed by atoms with Gasteiger partial charge >= 0.3 is 0 Å². The van der Waals surface area contributed by atoms with E-state index in [1.165, 1.54) is 4.90 Å². The molecular formula is C27H29BrClN3O6. The Bertz CT molecular complexity index is 1240. The van der Waals surface area contributed by atoms with E-state index in [0.717, 1.165) is 5.56 Å². The predicted octanol–water partition coefficient (Wildman–Crippen LogP) is 3.36. The fraction of sp³-hybridized carbons (Fsp3) is 0.444. The maximum absolute atomic E-state index is 13.8. The molecule has 11 heteroatoms. The van der Waals surface area contributed by atoms with E-state index in [1.807, 2.05) is 19.9 Å². The van der Waals surface area contributed by atoms with Crippen molar-refractivity contribution in [2.75, 3.05) is 30.4 Å². The largest absolute Gasteiger partial charge is 0.494 e. The molecule has 3 saturated heterocycles. The second-order valence-corrected chi connectivity index (χ2v) is 11.4. The Balaban J connectivity index is 1.45. The molecule has 5 rings (SSSR count). The second kappa shape index (κ2) is 10.5. The Morgan fingerprint density at radius 1 is 1.21 bits per heavy atom. The average molecular weight is 607 g/mol. The van der Waals surface area contributed by atoms with Crippen LogP contribution in [0.4, 0.5) is 11.4 Å². The number of amides is 3. The van der Waals surface area contributed by atoms with Crippen molar-refractivity contribution < 1.29 is 29.0 Å². The highest BCUT2D eigenvalue weighted by Gasteiger charge is 2.76. The number of likely N-dealkylation sites (tertiary alicyclic amines) is 1. The summed E-state index contributed by atoms with van der Waals surface area (Å²) in [7, 11) is 0. The fourth-order valence-electron chi connectivity index (χ4n) is 6.09. The van der Waals surface area contributed by atoms with E-state index >= 15 is 0 Å². The van der Waals surface area contributed by atoms with Crippen molar-refractivity contribution in [3.05, 3.63) is 53.1 Å². The first-order valence-corrected chi connectivity index (χ1v) is 13.8. The van der Waals surface area contributed by atoms with Gasteiger partial charge in [0.25, 0.3) is 0 Å². The highest BCUT2D eigenvalue weighted by atomic mass is 79.9. The Labute approximate surface area is 233 Å². The number of aliphatic hydroxyl groups excluding tert-OH is 1. The molecule has 2 aromatic carbocycles. The van der Waals surface area contributed by atoms with E-state index in [2.05, 4.69) is 26.6 Å². The number of hydrogen-bond donors (Lipinski definition) is 3. The van der Waals surface area contributed by atoms with Crippen molar-refractivity contribution in [1.82, 2.24) is 4.90 Å². The van der Waals surface area contributed by atoms with Gasteiger partial charge < -0.3 is 30.1 Å². The van der Waals surface area contributed by atoms with Crippen LogP contribution in [0.15, 0.2) is 42.5 Å². The average Bonchev–Trinajstić information content (AvgIpc) is 3.47. The molecule has 3 heterocycles. The summed E-state index contributed by atoms with van der Waals surface area (Å²) >= 11 is 9.99. The van der Waals surface area contributed by atoms with E-state index in [0.29, 0.717) is 35.2 Å². The third-order valence-corrected chi connectivity index (χ3v) is 8.74. The van der Waals surface area contributed by atoms with Crippen LogP contribution in [0.5, 0.6) is 5.75 Å². The van der Waals surface area contributed by atoms with Crippen molar-refractivity contribution in [3.8, 4) is 5.75 Å². The van der Waals surface area contributed by atoms with Crippen LogP contribution in [0.2, 0.25) is 5.02 Å². The number of aliphatic hydroxyl groups is 1. The normalized spacial score (nSPS) is 29.3. The fourth-order valence-corrected chi connectivity index (χ4v) is 7.30. The number of ether oxygens (including phenoxy) is 2. The van der Waals surface area contributed by atoms with Gasteiger partial charge in [0.2, 0.25) is 17.7 Å². The van der Waals surface area contributed by atoms with Crippen LogP contribution in [0.1, 0.15) is 18.9 Å². The summed E-state index contributed by atoms with van der Waals surface area (Å²) in [6.07, 6.45) is -0.233. The highest BCUT2D eigenvalue weighted by Crippen LogP contribution is 2.60. The van der Waals surface area contributed by atoms with Crippen LogP contribution < -0.4 is 15.4 Å². The second-order valence-electron chi connectivity index (χ2n) is 9.79. The zero-order valence-electron chi connectivity index (χ0n) is 20.9. The topological polar surface area (TPSA) is 117 Å². The molecule has 9 nitrogen and oxygen atoms in total. The van der Waals surface area contributed by atoms with Crippen molar-refractivity contribution >= 4 is 56.6 Å². The van der Waals surface area contributed by atoms with Gasteiger partial charge in [0.15, 0.2) is 0 Å². The number of carbonyl (C=O) groups excluding carboxylic acids is 3. The Hall–Kier alpha value is -2.66. The number of fused-ring (bicyclic) bond motifs is 1. The van der Waals surface area contributed by atoms with Gasteiger partial charge in [-0.1, -0.05) is 39.7 Å². The third-order valence-electron chi connectivity index (χ3n) is 7.58. The van der Waals surface area contributed by atoms with Crippen LogP contribution in [0, 0.1) is 18.8 Å². The number of benzene rings is 2. The van der Waals surface area contributed by atoms with Crippen LogP contribution in [0.25, 0.3) is 0 Å². The summed E-state index contributed by atoms with van der Waals surface area (Å²) in [6, 6.07) is 11.2. The number of halogens is 2. The van der Waals surface area contributed by atoms with Gasteiger partial charge in [-0.15, -0.1) is 0 Å². The quantitative estimate of drug-likeness (QED) is 0.397. The van der Waals surface area contributed by atoms with Gasteiger partial charge in [-0.05, 0) is 56.2 Å². The number of para-hydroxylation sites is 1. The summed E-state index contributed by atoms with van der Waals surface area (Å²) in [5.74, 6) is -2.24. The molecule has 0 radical (unpaired) electrons. The Morgan fingerprint density at radius 3 is 2.61 bits per heavy atom. The van der Waals surface area contributed by atoms with Crippen molar-refractivity contribution in [2.45, 2.75) is 42.8 Å². The summed E-state index contributed by atoms with van der Waals surface area (Å²) < 4.78 is 11.9. The number of anilines is 2. The number of aryl methyl sites for hydroxylation is 1. The lowest BCUT2D eigenvalue weighted by Gasteiger charge is -2.34. The van der Waals surface area contributed by atoms with Gasteiger partial charge in [-0.3, -0.25) is 14.4 Å². The Morgan fingerprint density at radius 2 is 1.95 bits per heavy atom. The number of alkyl halides is 1. The number of nitrogens with one attached hydrogen (secondary N) is 2. The molecule has 202 valence electrons. The standard InChI is InChI=1S/C27H29BrClN3O6/c1-3-37-16-9-7-15(8-10-16)30-24(34)19-20-26(36)32(11-12-33)23(27(20)13-17(28)22(19)38-27)25(35)31-21-14(2)5-4-6-18(21)29/h4-10,17,19-20,22-23,33H,3,11-13H2,1-2H3,(H,30,34)(H,31,35)/t17?,19-,20+,22-,23?,27?/m1/s1. The van der Waals surface area contributed by atoms with Crippen LogP contribution in [-0.2, 0) is 19.1 Å². The first-order valence-electron chi connectivity index (χ1n) is 12.5. The molecule has 3 fully saturated rings. The maximum Gasteiger partial charge on any atom is 0.250 e. The minimum Gasteiger partial charge on any atom is -0.494 e. The predicted molar refractivity (Wildman–Crippen MR) is 146 cm³/mol. The molecule has 2 bridgehead atoms. The van der Waals surface area contributed by atoms with Gasteiger partial charge in [0, 0.05) is 17.1 Å². The highest BCUT2D eigenvalue weighted by molar-refractivity contribution is 9.09. The number of nitrogens with zero attached hydrogens (tertiary/aromatic N) is 1. The van der Waals surface area contributed by atoms with E-state index in [9.17, 15) is 19.5 Å². The van der Waals surface area contributed by atoms with Gasteiger partial charge in [0.05, 0.1) is 41.9 Å². The first-order chi connectivity index (χ1) is 18.2. The number of β-amino-alcohol motifs (C(OH)–C–C–N with tert-alkyl or cyclic N) is 1. The van der Waals surface area contributed by atoms with Gasteiger partial charge in [0.1, 0.15) is 17.4 Å². The molecule has 3 unspecified atom stereocenters. The number of hydrogen-bond acceptors (Lipinski definition) is 6. The smallest absolute Gasteiger partial charge is 0.250 e. The maximum atomic E-state index is 13.8. The van der Waals surface area contributed by atoms with E-state index in [4.69, 9.17) is 21.1 Å². The lowest BCUT2D eigenvalue weighted by Crippen LogP contribution is -2.54. The van der Waals surface area contributed by atoms with Gasteiger partial charge in [-0.2, -0.15) is 0 Å². The molecule has 2 aromatic rings. The summed E-state index contributed by atoms with van der Waals surface area (Å²) in [6.45, 7) is 3.83. The Kier molecular flexibility index (Phi) is 7.43. The zero-order chi connectivity index (χ0) is 27.2. The van der Waals surface area contributed by atoms with Crippen LogP contribution >= 0.6 is 27.5 Å². The lowest BCUT2D eigenvalue weighted by atomic mass is 9.70. The van der Waals surface area contributed by atoms with Crippen LogP contribution in [-0.4, -0.2) is 70.1 Å². The molecule has 3 aliphatic heterocycles. The van der Waals surface area contributed by atoms with Crippen molar-refractivity contribution in [2.24, 2.45) is 11.8 Å². The summed E-state index contributed by atoms with van der Waals surface area (Å²) in [5.41, 5.74) is 0.539. The van der Waals surface area contributed by atoms with Gasteiger partial charge in [-0.25, -0.2) is 0 Å². The monoisotopic (exact) mass is 605 g/mol. The molecule has 3 aliphatic rings. The van der Waals surface area contributed by atoms with E-state index in [1.54, 1.807) is 36.4 Å². The SMILES string of the molecule is CCOc1ccc(NC(=O)[C@H]2[C@@H]3OC4(CC3Br)C(C(=O)Nc3c(C)cccc3Cl)N(CCO)C(=O)[C@H]24)cc1. The van der Waals surface area contributed by atoms with Crippen molar-refractivity contribution in [3.63, 3.8) is 0 Å². The first kappa shape index (κ1) is 26.9. The summed E-state index contributed by atoms with van der Waals surface area (Å²) in [5, 5.41) is 15.9. The van der Waals surface area contributed by atoms with Crippen molar-refractivity contribution in [1.29, 1.82) is 0 Å². The minimum atomic E-state index is -1.23. The molecule has 1 spiro atoms. The van der Waals surface area contributed by atoms with Crippen LogP contribution in [0.3, 0.4) is 0 Å². The number of rotatable bonds is 8. The summed E-state index contributed by atoms with van der Waals surface area (Å²) in [4.78, 5) is 42.2. The molecule has 6 atom stereocenters. The zero-order valence-corrected chi connectivity index (χ0v) is 23.3. The number of carbonyl (C=O) groups is 3.